The smallest absolute Gasteiger partial charge is 0.224 e. The van der Waals surface area contributed by atoms with Crippen LogP contribution in [0, 0.1) is 0 Å². The number of carbonyl (C=O) groups excluding carboxylic acids is 1. The fraction of sp³-hybridized carbons (Fsp3) is 0.588. The lowest BCUT2D eigenvalue weighted by molar-refractivity contribution is -0.116. The summed E-state index contributed by atoms with van der Waals surface area (Å²) in [4.78, 5) is 11.7. The third-order valence-corrected chi connectivity index (χ3v) is 3.69. The molecule has 0 spiro atoms. The Kier molecular flexibility index (Phi) is 10.1. The van der Waals surface area contributed by atoms with Crippen LogP contribution in [0.2, 0.25) is 0 Å². The zero-order valence-corrected chi connectivity index (χ0v) is 13.2. The molecule has 0 heterocycles. The molecule has 2 nitrogen and oxygen atoms in total. The van der Waals surface area contributed by atoms with Crippen LogP contribution in [0.3, 0.4) is 0 Å². The molecule has 3 heteroatoms. The van der Waals surface area contributed by atoms with E-state index in [1.54, 1.807) is 0 Å². The fourth-order valence-electron chi connectivity index (χ4n) is 2.20. The van der Waals surface area contributed by atoms with Gasteiger partial charge in [0.25, 0.3) is 0 Å². The van der Waals surface area contributed by atoms with E-state index in [1.807, 2.05) is 30.3 Å². The molecule has 0 unspecified atom stereocenters. The van der Waals surface area contributed by atoms with Crippen LogP contribution in [-0.4, -0.2) is 11.7 Å². The first-order chi connectivity index (χ1) is 9.83. The highest BCUT2D eigenvalue weighted by Crippen LogP contribution is 2.11. The van der Waals surface area contributed by atoms with E-state index in [-0.39, 0.29) is 5.91 Å². The molecular weight excluding hydrogens is 266 g/mol. The third kappa shape index (κ3) is 9.03. The van der Waals surface area contributed by atoms with Crippen LogP contribution in [0.5, 0.6) is 0 Å². The van der Waals surface area contributed by atoms with Gasteiger partial charge >= 0.3 is 0 Å². The van der Waals surface area contributed by atoms with Gasteiger partial charge in [-0.15, -0.1) is 0 Å². The van der Waals surface area contributed by atoms with Gasteiger partial charge in [0, 0.05) is 12.1 Å². The van der Waals surface area contributed by atoms with Crippen LogP contribution in [-0.2, 0) is 4.79 Å². The van der Waals surface area contributed by atoms with Crippen molar-refractivity contribution in [1.82, 2.24) is 0 Å². The van der Waals surface area contributed by atoms with E-state index in [0.29, 0.717) is 6.42 Å². The van der Waals surface area contributed by atoms with Gasteiger partial charge < -0.3 is 5.32 Å². The molecule has 1 aromatic rings. The standard InChI is InChI=1S/C17H27NOS/c19-17(18-16-12-8-7-9-13-16)14-10-5-3-1-2-4-6-11-15-20/h7-9,12-13,20H,1-6,10-11,14-15H2,(H,18,19). The molecule has 0 saturated carbocycles. The predicted molar refractivity (Wildman–Crippen MR) is 90.5 cm³/mol. The number of thiol groups is 1. The molecule has 1 amide bonds. The van der Waals surface area contributed by atoms with Crippen LogP contribution in [0.15, 0.2) is 30.3 Å². The Hall–Kier alpha value is -0.960. The molecule has 20 heavy (non-hydrogen) atoms. The van der Waals surface area contributed by atoms with E-state index in [9.17, 15) is 4.79 Å². The fourth-order valence-corrected chi connectivity index (χ4v) is 2.43. The average Bonchev–Trinajstić information content (AvgIpc) is 2.46. The number of amides is 1. The summed E-state index contributed by atoms with van der Waals surface area (Å²) in [6.45, 7) is 0. The number of para-hydroxylation sites is 1. The summed E-state index contributed by atoms with van der Waals surface area (Å²) in [6, 6.07) is 9.66. The van der Waals surface area contributed by atoms with Crippen molar-refractivity contribution < 1.29 is 4.79 Å². The Balaban J connectivity index is 1.92. The molecule has 112 valence electrons. The molecule has 0 fully saturated rings. The van der Waals surface area contributed by atoms with Crippen LogP contribution in [0.1, 0.15) is 57.8 Å². The van der Waals surface area contributed by atoms with Gasteiger partial charge in [-0.1, -0.05) is 56.7 Å². The predicted octanol–water partition coefficient (Wildman–Crippen LogP) is 5.07. The van der Waals surface area contributed by atoms with Gasteiger partial charge in [0.05, 0.1) is 0 Å². The summed E-state index contributed by atoms with van der Waals surface area (Å²) < 4.78 is 0. The Bertz CT molecular complexity index is 353. The van der Waals surface area contributed by atoms with Gasteiger partial charge in [-0.2, -0.15) is 12.6 Å². The largest absolute Gasteiger partial charge is 0.326 e. The van der Waals surface area contributed by atoms with Crippen molar-refractivity contribution in [3.8, 4) is 0 Å². The second-order valence-corrected chi connectivity index (χ2v) is 5.66. The minimum Gasteiger partial charge on any atom is -0.326 e. The lowest BCUT2D eigenvalue weighted by Crippen LogP contribution is -2.10. The van der Waals surface area contributed by atoms with E-state index in [1.165, 1.54) is 38.5 Å². The minimum absolute atomic E-state index is 0.130. The monoisotopic (exact) mass is 293 g/mol. The first-order valence-corrected chi connectivity index (χ1v) is 8.42. The van der Waals surface area contributed by atoms with Crippen LogP contribution in [0.4, 0.5) is 5.69 Å². The maximum absolute atomic E-state index is 11.7. The van der Waals surface area contributed by atoms with Gasteiger partial charge in [-0.3, -0.25) is 4.79 Å². The van der Waals surface area contributed by atoms with Crippen molar-refractivity contribution >= 4 is 24.2 Å². The van der Waals surface area contributed by atoms with Gasteiger partial charge in [0.2, 0.25) is 5.91 Å². The molecule has 0 radical (unpaired) electrons. The maximum Gasteiger partial charge on any atom is 0.224 e. The number of hydrogen-bond acceptors (Lipinski definition) is 2. The topological polar surface area (TPSA) is 29.1 Å². The number of carbonyl (C=O) groups is 1. The summed E-state index contributed by atoms with van der Waals surface area (Å²) in [5.74, 6) is 1.14. The number of nitrogens with one attached hydrogen (secondary N) is 1. The lowest BCUT2D eigenvalue weighted by atomic mass is 10.1. The minimum atomic E-state index is 0.130. The number of unbranched alkanes of at least 4 members (excludes halogenated alkanes) is 7. The summed E-state index contributed by atoms with van der Waals surface area (Å²) in [5, 5.41) is 2.92. The molecule has 0 aliphatic rings. The second-order valence-electron chi connectivity index (χ2n) is 5.22. The first-order valence-electron chi connectivity index (χ1n) is 7.78. The third-order valence-electron chi connectivity index (χ3n) is 3.37. The molecule has 1 rings (SSSR count). The average molecular weight is 293 g/mol. The molecule has 0 aromatic heterocycles. The molecular formula is C17H27NOS. The van der Waals surface area contributed by atoms with Crippen LogP contribution >= 0.6 is 12.6 Å². The number of benzene rings is 1. The quantitative estimate of drug-likeness (QED) is 0.433. The molecule has 0 aliphatic carbocycles. The van der Waals surface area contributed by atoms with E-state index in [2.05, 4.69) is 17.9 Å². The lowest BCUT2D eigenvalue weighted by Gasteiger charge is -2.05. The highest BCUT2D eigenvalue weighted by molar-refractivity contribution is 7.80. The maximum atomic E-state index is 11.7. The molecule has 1 N–H and O–H groups in total. The number of rotatable bonds is 11. The molecule has 0 saturated heterocycles. The molecule has 0 atom stereocenters. The zero-order valence-electron chi connectivity index (χ0n) is 12.3. The Morgan fingerprint density at radius 1 is 0.850 bits per heavy atom. The van der Waals surface area contributed by atoms with Crippen molar-refractivity contribution in [2.75, 3.05) is 11.1 Å². The van der Waals surface area contributed by atoms with E-state index >= 15 is 0 Å². The van der Waals surface area contributed by atoms with Crippen molar-refractivity contribution in [1.29, 1.82) is 0 Å². The molecule has 0 bridgehead atoms. The summed E-state index contributed by atoms with van der Waals surface area (Å²) in [6.07, 6.45) is 10.5. The van der Waals surface area contributed by atoms with E-state index < -0.39 is 0 Å². The number of anilines is 1. The van der Waals surface area contributed by atoms with E-state index in [4.69, 9.17) is 0 Å². The highest BCUT2D eigenvalue weighted by atomic mass is 32.1. The van der Waals surface area contributed by atoms with Crippen LogP contribution < -0.4 is 5.32 Å². The van der Waals surface area contributed by atoms with Crippen molar-refractivity contribution in [2.45, 2.75) is 57.8 Å². The van der Waals surface area contributed by atoms with Crippen molar-refractivity contribution in [3.63, 3.8) is 0 Å². The molecule has 0 aliphatic heterocycles. The van der Waals surface area contributed by atoms with Crippen molar-refractivity contribution in [3.05, 3.63) is 30.3 Å². The SMILES string of the molecule is O=C(CCCCCCCCCCS)Nc1ccccc1. The van der Waals surface area contributed by atoms with Gasteiger partial charge in [0.15, 0.2) is 0 Å². The van der Waals surface area contributed by atoms with E-state index in [0.717, 1.165) is 24.3 Å². The Labute approximate surface area is 128 Å². The first kappa shape index (κ1) is 17.1. The zero-order chi connectivity index (χ0) is 14.5. The molecule has 1 aromatic carbocycles. The summed E-state index contributed by atoms with van der Waals surface area (Å²) in [7, 11) is 0. The Morgan fingerprint density at radius 3 is 2.00 bits per heavy atom. The van der Waals surface area contributed by atoms with Gasteiger partial charge in [0.1, 0.15) is 0 Å². The van der Waals surface area contributed by atoms with Gasteiger partial charge in [-0.25, -0.2) is 0 Å². The van der Waals surface area contributed by atoms with Crippen LogP contribution in [0.25, 0.3) is 0 Å². The summed E-state index contributed by atoms with van der Waals surface area (Å²) >= 11 is 4.21. The summed E-state index contributed by atoms with van der Waals surface area (Å²) in [5.41, 5.74) is 0.890. The van der Waals surface area contributed by atoms with Crippen molar-refractivity contribution in [2.24, 2.45) is 0 Å². The Morgan fingerprint density at radius 2 is 1.40 bits per heavy atom. The highest BCUT2D eigenvalue weighted by Gasteiger charge is 2.01. The number of hydrogen-bond donors (Lipinski definition) is 2. The normalized spacial score (nSPS) is 10.4. The van der Waals surface area contributed by atoms with Gasteiger partial charge in [-0.05, 0) is 30.7 Å². The second kappa shape index (κ2) is 11.8.